The number of Topliss-reactive ketones (excluding diaryl/α,β-unsaturated/α-hetero) is 1. The summed E-state index contributed by atoms with van der Waals surface area (Å²) in [5, 5.41) is 0. The van der Waals surface area contributed by atoms with Gasteiger partial charge in [0.15, 0.2) is 5.78 Å². The fourth-order valence-corrected chi connectivity index (χ4v) is 1.20. The highest BCUT2D eigenvalue weighted by molar-refractivity contribution is 5.80. The van der Waals surface area contributed by atoms with Crippen LogP contribution >= 0.6 is 0 Å². The van der Waals surface area contributed by atoms with E-state index in [1.165, 1.54) is 0 Å². The van der Waals surface area contributed by atoms with E-state index in [1.54, 1.807) is 6.92 Å². The summed E-state index contributed by atoms with van der Waals surface area (Å²) in [6.45, 7) is 4.50. The summed E-state index contributed by atoms with van der Waals surface area (Å²) < 4.78 is 5.30. The molecule has 0 radical (unpaired) electrons. The largest absolute Gasteiger partial charge is 0.370 e. The molecule has 1 aliphatic rings. The van der Waals surface area contributed by atoms with Gasteiger partial charge in [-0.25, -0.2) is 0 Å². The summed E-state index contributed by atoms with van der Waals surface area (Å²) in [4.78, 5) is 10.8. The number of hydrogen-bond donors (Lipinski definition) is 0. The van der Waals surface area contributed by atoms with E-state index in [2.05, 4.69) is 6.92 Å². The first-order valence-electron chi connectivity index (χ1n) is 3.82. The fraction of sp³-hybridized carbons (Fsp3) is 0.875. The predicted octanol–water partition coefficient (Wildman–Crippen LogP) is 1.39. The molecule has 1 heterocycles. The highest BCUT2D eigenvalue weighted by Crippen LogP contribution is 2.18. The molecule has 0 aromatic carbocycles. The zero-order valence-electron chi connectivity index (χ0n) is 6.59. The maximum absolute atomic E-state index is 10.8. The van der Waals surface area contributed by atoms with Crippen LogP contribution in [-0.2, 0) is 9.53 Å². The van der Waals surface area contributed by atoms with Crippen LogP contribution in [0.15, 0.2) is 0 Å². The first kappa shape index (κ1) is 7.73. The van der Waals surface area contributed by atoms with Gasteiger partial charge in [0.05, 0.1) is 6.61 Å². The summed E-state index contributed by atoms with van der Waals surface area (Å²) >= 11 is 0. The van der Waals surface area contributed by atoms with Gasteiger partial charge in [0.25, 0.3) is 0 Å². The molecule has 1 saturated heterocycles. The molecule has 0 spiro atoms. The Kier molecular flexibility index (Phi) is 2.44. The minimum atomic E-state index is -0.101. The molecule has 0 bridgehead atoms. The average Bonchev–Trinajstić information content (AvgIpc) is 1.88. The molecule has 0 N–H and O–H groups in total. The molecule has 0 aromatic rings. The van der Waals surface area contributed by atoms with Crippen LogP contribution in [0.5, 0.6) is 0 Å². The number of carbonyl (C=O) groups is 1. The molecule has 1 fully saturated rings. The van der Waals surface area contributed by atoms with Crippen LogP contribution in [0.25, 0.3) is 0 Å². The third kappa shape index (κ3) is 1.81. The Bertz CT molecular complexity index is 123. The predicted molar refractivity (Wildman–Crippen MR) is 38.8 cm³/mol. The summed E-state index contributed by atoms with van der Waals surface area (Å²) in [7, 11) is 0. The van der Waals surface area contributed by atoms with Crippen molar-refractivity contribution in [2.75, 3.05) is 6.61 Å². The van der Waals surface area contributed by atoms with Crippen LogP contribution in [0.2, 0.25) is 0 Å². The minimum absolute atomic E-state index is 0.101. The van der Waals surface area contributed by atoms with Crippen LogP contribution in [0.4, 0.5) is 0 Å². The summed E-state index contributed by atoms with van der Waals surface area (Å²) in [5.74, 6) is 0.808. The monoisotopic (exact) mass is 142 g/mol. The molecule has 10 heavy (non-hydrogen) atoms. The highest BCUT2D eigenvalue weighted by Gasteiger charge is 2.21. The molecule has 58 valence electrons. The second-order valence-corrected chi connectivity index (χ2v) is 3.12. The van der Waals surface area contributed by atoms with Gasteiger partial charge in [-0.05, 0) is 25.7 Å². The van der Waals surface area contributed by atoms with Gasteiger partial charge >= 0.3 is 0 Å². The lowest BCUT2D eigenvalue weighted by Gasteiger charge is -2.24. The molecule has 1 aliphatic heterocycles. The number of hydrogen-bond acceptors (Lipinski definition) is 2. The van der Waals surface area contributed by atoms with Gasteiger partial charge in [-0.15, -0.1) is 0 Å². The lowest BCUT2D eigenvalue weighted by Crippen LogP contribution is -2.29. The van der Waals surface area contributed by atoms with Crippen molar-refractivity contribution >= 4 is 5.78 Å². The number of ether oxygens (including phenoxy) is 1. The molecule has 0 aromatic heterocycles. The Labute approximate surface area is 61.6 Å². The van der Waals surface area contributed by atoms with E-state index >= 15 is 0 Å². The van der Waals surface area contributed by atoms with E-state index in [0.29, 0.717) is 5.92 Å². The van der Waals surface area contributed by atoms with Gasteiger partial charge in [0.1, 0.15) is 6.10 Å². The molecular weight excluding hydrogens is 128 g/mol. The van der Waals surface area contributed by atoms with Gasteiger partial charge in [0.2, 0.25) is 0 Å². The lowest BCUT2D eigenvalue weighted by atomic mass is 9.99. The second-order valence-electron chi connectivity index (χ2n) is 3.12. The van der Waals surface area contributed by atoms with Gasteiger partial charge in [-0.1, -0.05) is 6.92 Å². The summed E-state index contributed by atoms with van der Waals surface area (Å²) in [5.41, 5.74) is 0. The van der Waals surface area contributed by atoms with Crippen LogP contribution in [0, 0.1) is 5.92 Å². The Morgan fingerprint density at radius 2 is 2.20 bits per heavy atom. The number of carbonyl (C=O) groups excluding carboxylic acids is 1. The van der Waals surface area contributed by atoms with E-state index in [0.717, 1.165) is 19.4 Å². The van der Waals surface area contributed by atoms with Crippen LogP contribution in [0.3, 0.4) is 0 Å². The van der Waals surface area contributed by atoms with E-state index in [4.69, 9.17) is 4.74 Å². The third-order valence-electron chi connectivity index (χ3n) is 1.96. The van der Waals surface area contributed by atoms with Crippen molar-refractivity contribution in [1.29, 1.82) is 0 Å². The second kappa shape index (κ2) is 3.15. The van der Waals surface area contributed by atoms with Crippen molar-refractivity contribution in [1.82, 2.24) is 0 Å². The third-order valence-corrected chi connectivity index (χ3v) is 1.96. The van der Waals surface area contributed by atoms with Gasteiger partial charge in [-0.3, -0.25) is 4.79 Å². The molecule has 0 unspecified atom stereocenters. The van der Waals surface area contributed by atoms with Gasteiger partial charge in [0, 0.05) is 0 Å². The van der Waals surface area contributed by atoms with Crippen molar-refractivity contribution in [2.24, 2.45) is 5.92 Å². The summed E-state index contributed by atoms with van der Waals surface area (Å²) in [6.07, 6.45) is 1.94. The molecule has 0 amide bonds. The Balaban J connectivity index is 2.33. The van der Waals surface area contributed by atoms with Gasteiger partial charge < -0.3 is 4.74 Å². The van der Waals surface area contributed by atoms with Crippen molar-refractivity contribution in [2.45, 2.75) is 32.8 Å². The Hall–Kier alpha value is -0.370. The van der Waals surface area contributed by atoms with E-state index in [1.807, 2.05) is 0 Å². The first-order chi connectivity index (χ1) is 4.70. The smallest absolute Gasteiger partial charge is 0.158 e. The number of ketones is 1. The van der Waals surface area contributed by atoms with E-state index < -0.39 is 0 Å². The lowest BCUT2D eigenvalue weighted by molar-refractivity contribution is -0.132. The zero-order chi connectivity index (χ0) is 7.56. The van der Waals surface area contributed by atoms with Gasteiger partial charge in [-0.2, -0.15) is 0 Å². The molecule has 2 nitrogen and oxygen atoms in total. The maximum Gasteiger partial charge on any atom is 0.158 e. The van der Waals surface area contributed by atoms with Crippen LogP contribution in [-0.4, -0.2) is 18.5 Å². The number of rotatable bonds is 1. The van der Waals surface area contributed by atoms with Crippen LogP contribution < -0.4 is 0 Å². The molecule has 2 heteroatoms. The maximum atomic E-state index is 10.8. The van der Waals surface area contributed by atoms with Crippen molar-refractivity contribution in [3.8, 4) is 0 Å². The molecular formula is C8H14O2. The fourth-order valence-electron chi connectivity index (χ4n) is 1.20. The zero-order valence-corrected chi connectivity index (χ0v) is 6.59. The summed E-state index contributed by atoms with van der Waals surface area (Å²) in [6, 6.07) is 0. The molecule has 0 aliphatic carbocycles. The van der Waals surface area contributed by atoms with Crippen LogP contribution in [0.1, 0.15) is 26.7 Å². The van der Waals surface area contributed by atoms with Crippen molar-refractivity contribution in [3.05, 3.63) is 0 Å². The topological polar surface area (TPSA) is 26.3 Å². The first-order valence-corrected chi connectivity index (χ1v) is 3.82. The highest BCUT2D eigenvalue weighted by atomic mass is 16.5. The molecule has 0 saturated carbocycles. The standard InChI is InChI=1S/C8H14O2/c1-6-3-4-8(7(2)9)10-5-6/h6,8H,3-5H2,1-2H3/t6-,8+/m0/s1. The SMILES string of the molecule is CC(=O)[C@H]1CC[C@H](C)CO1. The minimum Gasteiger partial charge on any atom is -0.370 e. The normalized spacial score (nSPS) is 33.8. The molecule has 1 rings (SSSR count). The average molecular weight is 142 g/mol. The van der Waals surface area contributed by atoms with Crippen molar-refractivity contribution in [3.63, 3.8) is 0 Å². The van der Waals surface area contributed by atoms with E-state index in [9.17, 15) is 4.79 Å². The quantitative estimate of drug-likeness (QED) is 0.553. The Morgan fingerprint density at radius 1 is 1.50 bits per heavy atom. The van der Waals surface area contributed by atoms with Crippen molar-refractivity contribution < 1.29 is 9.53 Å². The molecule has 2 atom stereocenters. The Morgan fingerprint density at radius 3 is 2.60 bits per heavy atom. The van der Waals surface area contributed by atoms with E-state index in [-0.39, 0.29) is 11.9 Å².